The van der Waals surface area contributed by atoms with E-state index >= 15 is 0 Å². The van der Waals surface area contributed by atoms with Crippen molar-refractivity contribution in [3.05, 3.63) is 52.8 Å². The molecule has 0 saturated heterocycles. The number of pyridine rings is 2. The first-order valence-electron chi connectivity index (χ1n) is 8.10. The van der Waals surface area contributed by atoms with Gasteiger partial charge in [0.05, 0.1) is 16.9 Å². The number of fused-ring (bicyclic) bond motifs is 1. The average Bonchev–Trinajstić information content (AvgIpc) is 3.43. The van der Waals surface area contributed by atoms with Gasteiger partial charge in [-0.1, -0.05) is 11.6 Å². The van der Waals surface area contributed by atoms with Gasteiger partial charge >= 0.3 is 0 Å². The van der Waals surface area contributed by atoms with Crippen LogP contribution in [0.25, 0.3) is 0 Å². The van der Waals surface area contributed by atoms with E-state index < -0.39 is 24.1 Å². The number of anilines is 1. The van der Waals surface area contributed by atoms with E-state index in [1.165, 1.54) is 24.4 Å². The van der Waals surface area contributed by atoms with Crippen molar-refractivity contribution < 1.29 is 18.3 Å². The molecule has 140 valence electrons. The molecule has 2 aromatic heterocycles. The van der Waals surface area contributed by atoms with Crippen LogP contribution < -0.4 is 11.1 Å². The molecule has 1 amide bonds. The van der Waals surface area contributed by atoms with Gasteiger partial charge in [-0.25, -0.2) is 19.4 Å². The number of aliphatic imine (C=N–C) groups is 1. The van der Waals surface area contributed by atoms with Crippen molar-refractivity contribution >= 4 is 29.2 Å². The lowest BCUT2D eigenvalue weighted by Crippen LogP contribution is -2.40. The lowest BCUT2D eigenvalue weighted by Gasteiger charge is -2.31. The molecule has 10 heteroatoms. The van der Waals surface area contributed by atoms with Crippen molar-refractivity contribution in [2.24, 2.45) is 16.6 Å². The van der Waals surface area contributed by atoms with Crippen molar-refractivity contribution in [2.75, 3.05) is 12.0 Å². The smallest absolute Gasteiger partial charge is 0.283 e. The van der Waals surface area contributed by atoms with Crippen LogP contribution in [0, 0.1) is 11.9 Å². The SMILES string of the molecule is NC1=N[C@](CF)(c2cc(NC(=O)c3ccc(Cl)cn3)cnc2F)[C@H]2C[C@H]2O1. The summed E-state index contributed by atoms with van der Waals surface area (Å²) in [5, 5.41) is 2.94. The van der Waals surface area contributed by atoms with Crippen LogP contribution in [0.3, 0.4) is 0 Å². The van der Waals surface area contributed by atoms with Gasteiger partial charge in [-0.15, -0.1) is 0 Å². The van der Waals surface area contributed by atoms with Gasteiger partial charge in [-0.3, -0.25) is 4.79 Å². The van der Waals surface area contributed by atoms with Crippen LogP contribution in [0.4, 0.5) is 14.5 Å². The van der Waals surface area contributed by atoms with Crippen molar-refractivity contribution in [3.8, 4) is 0 Å². The van der Waals surface area contributed by atoms with Crippen LogP contribution in [-0.2, 0) is 10.3 Å². The molecule has 1 fully saturated rings. The summed E-state index contributed by atoms with van der Waals surface area (Å²) in [6.45, 7) is -0.965. The summed E-state index contributed by atoms with van der Waals surface area (Å²) < 4.78 is 33.7. The Balaban J connectivity index is 1.66. The number of rotatable bonds is 4. The monoisotopic (exact) mass is 393 g/mol. The topological polar surface area (TPSA) is 102 Å². The molecule has 0 unspecified atom stereocenters. The molecular weight excluding hydrogens is 380 g/mol. The Labute approximate surface area is 157 Å². The maximum atomic E-state index is 14.4. The normalized spacial score (nSPS) is 25.8. The summed E-state index contributed by atoms with van der Waals surface area (Å²) >= 11 is 5.75. The third-order valence-corrected chi connectivity index (χ3v) is 4.88. The molecule has 1 aliphatic carbocycles. The van der Waals surface area contributed by atoms with Crippen LogP contribution >= 0.6 is 11.6 Å². The molecular formula is C17H14ClF2N5O2. The van der Waals surface area contributed by atoms with Crippen LogP contribution in [0.5, 0.6) is 0 Å². The minimum absolute atomic E-state index is 0.0781. The number of nitrogens with zero attached hydrogens (tertiary/aromatic N) is 3. The van der Waals surface area contributed by atoms with Crippen molar-refractivity contribution in [2.45, 2.75) is 18.1 Å². The predicted octanol–water partition coefficient (Wildman–Crippen LogP) is 2.42. The fourth-order valence-corrected chi connectivity index (χ4v) is 3.36. The number of nitrogens with one attached hydrogen (secondary N) is 1. The number of hydrogen-bond donors (Lipinski definition) is 2. The molecule has 7 nitrogen and oxygen atoms in total. The Morgan fingerprint density at radius 2 is 2.22 bits per heavy atom. The number of halogens is 3. The first-order valence-corrected chi connectivity index (χ1v) is 8.47. The molecule has 0 spiro atoms. The van der Waals surface area contributed by atoms with Gasteiger partial charge in [0.1, 0.15) is 24.0 Å². The molecule has 3 N–H and O–H groups in total. The summed E-state index contributed by atoms with van der Waals surface area (Å²) in [6, 6.07) is 4.08. The average molecular weight is 394 g/mol. The zero-order valence-corrected chi connectivity index (χ0v) is 14.6. The van der Waals surface area contributed by atoms with Gasteiger partial charge in [0.2, 0.25) is 5.95 Å². The Kier molecular flexibility index (Phi) is 4.18. The quantitative estimate of drug-likeness (QED) is 0.776. The van der Waals surface area contributed by atoms with Crippen molar-refractivity contribution in [3.63, 3.8) is 0 Å². The van der Waals surface area contributed by atoms with E-state index in [0.29, 0.717) is 11.4 Å². The van der Waals surface area contributed by atoms with Crippen molar-refractivity contribution in [1.29, 1.82) is 0 Å². The highest BCUT2D eigenvalue weighted by atomic mass is 35.5. The van der Waals surface area contributed by atoms with Gasteiger partial charge in [-0.2, -0.15) is 4.39 Å². The summed E-state index contributed by atoms with van der Waals surface area (Å²) in [5.41, 5.74) is 4.33. The van der Waals surface area contributed by atoms with Gasteiger partial charge in [0.25, 0.3) is 11.9 Å². The van der Waals surface area contributed by atoms with E-state index in [4.69, 9.17) is 22.1 Å². The molecule has 27 heavy (non-hydrogen) atoms. The second-order valence-corrected chi connectivity index (χ2v) is 6.82. The van der Waals surface area contributed by atoms with E-state index in [-0.39, 0.29) is 35.0 Å². The van der Waals surface area contributed by atoms with Crippen LogP contribution in [0.1, 0.15) is 22.5 Å². The maximum absolute atomic E-state index is 14.4. The third-order valence-electron chi connectivity index (χ3n) is 4.65. The molecule has 3 atom stereocenters. The number of ether oxygens (including phenoxy) is 1. The Hall–Kier alpha value is -2.81. The van der Waals surface area contributed by atoms with E-state index in [1.807, 2.05) is 0 Å². The number of carbonyl (C=O) groups is 1. The van der Waals surface area contributed by atoms with Crippen LogP contribution in [0.2, 0.25) is 5.02 Å². The molecule has 2 aliphatic rings. The first-order chi connectivity index (χ1) is 12.9. The Bertz CT molecular complexity index is 939. The van der Waals surface area contributed by atoms with Crippen molar-refractivity contribution in [1.82, 2.24) is 9.97 Å². The summed E-state index contributed by atoms with van der Waals surface area (Å²) in [5.74, 6) is -1.76. The van der Waals surface area contributed by atoms with Crippen LogP contribution in [0.15, 0.2) is 35.6 Å². The van der Waals surface area contributed by atoms with Gasteiger partial charge in [-0.05, 0) is 24.6 Å². The van der Waals surface area contributed by atoms with Crippen LogP contribution in [-0.4, -0.2) is 34.7 Å². The second-order valence-electron chi connectivity index (χ2n) is 6.38. The van der Waals surface area contributed by atoms with Gasteiger partial charge in [0, 0.05) is 17.7 Å². The predicted molar refractivity (Wildman–Crippen MR) is 93.7 cm³/mol. The lowest BCUT2D eigenvalue weighted by atomic mass is 9.86. The van der Waals surface area contributed by atoms with E-state index in [0.717, 1.165) is 6.20 Å². The molecule has 1 aliphatic heterocycles. The number of carbonyl (C=O) groups excluding carboxylic acids is 1. The molecule has 0 bridgehead atoms. The zero-order valence-electron chi connectivity index (χ0n) is 13.8. The maximum Gasteiger partial charge on any atom is 0.283 e. The van der Waals surface area contributed by atoms with Gasteiger partial charge < -0.3 is 15.8 Å². The highest BCUT2D eigenvalue weighted by Crippen LogP contribution is 2.53. The largest absolute Gasteiger partial charge is 0.462 e. The molecule has 2 aromatic rings. The minimum Gasteiger partial charge on any atom is -0.462 e. The second kappa shape index (κ2) is 6.41. The summed E-state index contributed by atoms with van der Waals surface area (Å²) in [7, 11) is 0. The molecule has 3 heterocycles. The molecule has 0 aromatic carbocycles. The minimum atomic E-state index is -1.51. The lowest BCUT2D eigenvalue weighted by molar-refractivity contribution is 0.102. The summed E-state index contributed by atoms with van der Waals surface area (Å²) in [6.07, 6.45) is 2.68. The van der Waals surface area contributed by atoms with E-state index in [2.05, 4.69) is 20.3 Å². The number of amides is 1. The zero-order chi connectivity index (χ0) is 19.2. The highest BCUT2D eigenvalue weighted by molar-refractivity contribution is 6.30. The number of alkyl halides is 1. The van der Waals surface area contributed by atoms with Gasteiger partial charge in [0.15, 0.2) is 0 Å². The highest BCUT2D eigenvalue weighted by Gasteiger charge is 2.60. The number of nitrogens with two attached hydrogens (primary N) is 1. The third kappa shape index (κ3) is 3.08. The summed E-state index contributed by atoms with van der Waals surface area (Å²) in [4.78, 5) is 23.9. The fourth-order valence-electron chi connectivity index (χ4n) is 3.25. The van der Waals surface area contributed by atoms with E-state index in [1.54, 1.807) is 0 Å². The Morgan fingerprint density at radius 3 is 2.93 bits per heavy atom. The molecule has 4 rings (SSSR count). The van der Waals surface area contributed by atoms with E-state index in [9.17, 15) is 13.6 Å². The number of hydrogen-bond acceptors (Lipinski definition) is 6. The fraction of sp³-hybridized carbons (Fsp3) is 0.294. The first kappa shape index (κ1) is 17.6. The number of aromatic nitrogens is 2. The number of amidine groups is 1. The Morgan fingerprint density at radius 1 is 1.41 bits per heavy atom. The molecule has 1 saturated carbocycles. The standard InChI is InChI=1S/C17H14ClF2N5O2/c18-8-1-2-12(22-5-8)15(26)24-9-3-11(14(20)23-6-9)17(7-19)10-4-13(10)27-16(21)25-17/h1-3,5-6,10,13H,4,7H2,(H2,21,25)(H,24,26)/t10-,13+,17-/m0/s1. The molecule has 0 radical (unpaired) electrons.